The molecule has 0 fully saturated rings. The highest BCUT2D eigenvalue weighted by molar-refractivity contribution is 5.79. The van der Waals surface area contributed by atoms with E-state index in [2.05, 4.69) is 0 Å². The van der Waals surface area contributed by atoms with E-state index in [1.165, 1.54) is 4.90 Å². The van der Waals surface area contributed by atoms with Crippen LogP contribution in [0.1, 0.15) is 20.3 Å². The number of hydrogen-bond donors (Lipinski definition) is 1. The predicted molar refractivity (Wildman–Crippen MR) is 62.2 cm³/mol. The molecular formula is C11H19N3O3. The molecular weight excluding hydrogens is 222 g/mol. The minimum absolute atomic E-state index is 0.0144. The Balaban J connectivity index is 4.30. The van der Waals surface area contributed by atoms with Gasteiger partial charge in [0.05, 0.1) is 25.6 Å². The number of likely N-dealkylation sites (N-methyl/N-ethyl adjacent to an activating group) is 1. The Morgan fingerprint density at radius 3 is 2.35 bits per heavy atom. The third-order valence-electron chi connectivity index (χ3n) is 2.39. The number of carbonyl (C=O) groups is 2. The minimum atomic E-state index is -0.953. The van der Waals surface area contributed by atoms with Crippen molar-refractivity contribution in [3.05, 3.63) is 0 Å². The molecule has 17 heavy (non-hydrogen) atoms. The van der Waals surface area contributed by atoms with Gasteiger partial charge in [0, 0.05) is 19.6 Å². The highest BCUT2D eigenvalue weighted by Gasteiger charge is 2.18. The highest BCUT2D eigenvalue weighted by Crippen LogP contribution is 1.99. The van der Waals surface area contributed by atoms with Crippen LogP contribution in [0.15, 0.2) is 0 Å². The van der Waals surface area contributed by atoms with Crippen molar-refractivity contribution in [3.63, 3.8) is 0 Å². The number of carboxylic acid groups (broad SMARTS) is 1. The molecule has 0 atom stereocenters. The largest absolute Gasteiger partial charge is 0.480 e. The van der Waals surface area contributed by atoms with Gasteiger partial charge in [-0.1, -0.05) is 0 Å². The lowest BCUT2D eigenvalue weighted by molar-refractivity contribution is -0.140. The first-order valence-electron chi connectivity index (χ1n) is 5.45. The number of hydrogen-bond acceptors (Lipinski definition) is 4. The lowest BCUT2D eigenvalue weighted by Crippen LogP contribution is -2.44. The fraction of sp³-hybridized carbons (Fsp3) is 0.727. The van der Waals surface area contributed by atoms with Gasteiger partial charge >= 0.3 is 5.97 Å². The molecule has 1 amide bonds. The molecule has 1 N–H and O–H groups in total. The maximum atomic E-state index is 11.7. The second kappa shape index (κ2) is 7.63. The van der Waals surface area contributed by atoms with Crippen LogP contribution in [-0.4, -0.2) is 59.5 Å². The van der Waals surface area contributed by atoms with E-state index >= 15 is 0 Å². The summed E-state index contributed by atoms with van der Waals surface area (Å²) in [5.41, 5.74) is 0. The van der Waals surface area contributed by atoms with Crippen LogP contribution in [0.4, 0.5) is 0 Å². The standard InChI is InChI=1S/C11H19N3O3/c1-9(2)14(8-11(16)17)7-10(15)13(3)6-4-5-12/h9H,4,6-8H2,1-3H3,(H,16,17). The molecule has 0 aliphatic heterocycles. The van der Waals surface area contributed by atoms with E-state index in [4.69, 9.17) is 10.4 Å². The van der Waals surface area contributed by atoms with Crippen LogP contribution in [0.25, 0.3) is 0 Å². The monoisotopic (exact) mass is 241 g/mol. The van der Waals surface area contributed by atoms with E-state index in [1.54, 1.807) is 11.9 Å². The Labute approximate surface area is 101 Å². The van der Waals surface area contributed by atoms with E-state index < -0.39 is 5.97 Å². The number of carboxylic acids is 1. The first-order valence-corrected chi connectivity index (χ1v) is 5.45. The van der Waals surface area contributed by atoms with Crippen LogP contribution in [0.2, 0.25) is 0 Å². The second-order valence-corrected chi connectivity index (χ2v) is 4.12. The van der Waals surface area contributed by atoms with E-state index in [9.17, 15) is 9.59 Å². The summed E-state index contributed by atoms with van der Waals surface area (Å²) >= 11 is 0. The lowest BCUT2D eigenvalue weighted by atomic mass is 10.3. The number of aliphatic carboxylic acids is 1. The molecule has 0 saturated carbocycles. The molecule has 0 aromatic carbocycles. The Kier molecular flexibility index (Phi) is 6.91. The molecule has 0 aromatic heterocycles. The van der Waals surface area contributed by atoms with Crippen LogP contribution in [0.3, 0.4) is 0 Å². The molecule has 0 radical (unpaired) electrons. The van der Waals surface area contributed by atoms with Crippen molar-refractivity contribution < 1.29 is 14.7 Å². The Bertz CT molecular complexity index is 310. The molecule has 0 aromatic rings. The van der Waals surface area contributed by atoms with Gasteiger partial charge in [-0.05, 0) is 13.8 Å². The maximum Gasteiger partial charge on any atom is 0.317 e. The quantitative estimate of drug-likeness (QED) is 0.686. The second-order valence-electron chi connectivity index (χ2n) is 4.12. The first kappa shape index (κ1) is 15.4. The molecule has 0 aliphatic carbocycles. The molecule has 0 bridgehead atoms. The first-order chi connectivity index (χ1) is 7.88. The summed E-state index contributed by atoms with van der Waals surface area (Å²) < 4.78 is 0. The van der Waals surface area contributed by atoms with Crippen LogP contribution >= 0.6 is 0 Å². The van der Waals surface area contributed by atoms with Crippen molar-refractivity contribution in [1.29, 1.82) is 5.26 Å². The zero-order chi connectivity index (χ0) is 13.4. The molecule has 0 rings (SSSR count). The Morgan fingerprint density at radius 1 is 1.35 bits per heavy atom. The number of nitriles is 1. The Morgan fingerprint density at radius 2 is 1.94 bits per heavy atom. The topological polar surface area (TPSA) is 84.6 Å². The maximum absolute atomic E-state index is 11.7. The van der Waals surface area contributed by atoms with Gasteiger partial charge in [-0.25, -0.2) is 0 Å². The molecule has 96 valence electrons. The van der Waals surface area contributed by atoms with Crippen molar-refractivity contribution in [2.45, 2.75) is 26.3 Å². The lowest BCUT2D eigenvalue weighted by Gasteiger charge is -2.26. The van der Waals surface area contributed by atoms with E-state index in [0.717, 1.165) is 0 Å². The van der Waals surface area contributed by atoms with Crippen LogP contribution in [0.5, 0.6) is 0 Å². The average Bonchev–Trinajstić information content (AvgIpc) is 2.23. The third kappa shape index (κ3) is 6.53. The molecule has 6 nitrogen and oxygen atoms in total. The SMILES string of the molecule is CC(C)N(CC(=O)O)CC(=O)N(C)CCC#N. The normalized spacial score (nSPS) is 10.4. The number of rotatable bonds is 7. The smallest absolute Gasteiger partial charge is 0.317 e. The summed E-state index contributed by atoms with van der Waals surface area (Å²) in [5.74, 6) is -1.12. The molecule has 6 heteroatoms. The average molecular weight is 241 g/mol. The predicted octanol–water partition coefficient (Wildman–Crippen LogP) is 0.153. The fourth-order valence-corrected chi connectivity index (χ4v) is 1.23. The van der Waals surface area contributed by atoms with Crippen LogP contribution in [-0.2, 0) is 9.59 Å². The van der Waals surface area contributed by atoms with Gasteiger partial charge in [0.2, 0.25) is 5.91 Å². The Hall–Kier alpha value is -1.61. The zero-order valence-electron chi connectivity index (χ0n) is 10.5. The number of nitrogens with zero attached hydrogens (tertiary/aromatic N) is 3. The summed E-state index contributed by atoms with van der Waals surface area (Å²) in [5, 5.41) is 17.1. The van der Waals surface area contributed by atoms with Crippen molar-refractivity contribution in [2.75, 3.05) is 26.7 Å². The van der Waals surface area contributed by atoms with Crippen molar-refractivity contribution in [1.82, 2.24) is 9.80 Å². The minimum Gasteiger partial charge on any atom is -0.480 e. The highest BCUT2D eigenvalue weighted by atomic mass is 16.4. The van der Waals surface area contributed by atoms with Crippen molar-refractivity contribution >= 4 is 11.9 Å². The summed E-state index contributed by atoms with van der Waals surface area (Å²) in [6.45, 7) is 3.95. The molecule has 0 aliphatic rings. The van der Waals surface area contributed by atoms with Gasteiger partial charge < -0.3 is 10.0 Å². The van der Waals surface area contributed by atoms with Gasteiger partial charge in [-0.3, -0.25) is 14.5 Å². The van der Waals surface area contributed by atoms with E-state index in [-0.39, 0.29) is 31.5 Å². The van der Waals surface area contributed by atoms with Gasteiger partial charge in [0.1, 0.15) is 0 Å². The van der Waals surface area contributed by atoms with Crippen molar-refractivity contribution in [2.24, 2.45) is 0 Å². The molecule has 0 spiro atoms. The summed E-state index contributed by atoms with van der Waals surface area (Å²) in [6.07, 6.45) is 0.281. The summed E-state index contributed by atoms with van der Waals surface area (Å²) in [7, 11) is 1.61. The van der Waals surface area contributed by atoms with Crippen molar-refractivity contribution in [3.8, 4) is 6.07 Å². The molecule has 0 heterocycles. The summed E-state index contributed by atoms with van der Waals surface area (Å²) in [6, 6.07) is 1.95. The summed E-state index contributed by atoms with van der Waals surface area (Å²) in [4.78, 5) is 25.4. The fourth-order valence-electron chi connectivity index (χ4n) is 1.23. The number of amides is 1. The third-order valence-corrected chi connectivity index (χ3v) is 2.39. The van der Waals surface area contributed by atoms with Crippen LogP contribution in [0, 0.1) is 11.3 Å². The van der Waals surface area contributed by atoms with E-state index in [0.29, 0.717) is 6.54 Å². The van der Waals surface area contributed by atoms with Gasteiger partial charge in [0.15, 0.2) is 0 Å². The van der Waals surface area contributed by atoms with Gasteiger partial charge in [-0.15, -0.1) is 0 Å². The molecule has 0 saturated heterocycles. The number of carbonyl (C=O) groups excluding carboxylic acids is 1. The van der Waals surface area contributed by atoms with Gasteiger partial charge in [0.25, 0.3) is 0 Å². The van der Waals surface area contributed by atoms with Crippen LogP contribution < -0.4 is 0 Å². The molecule has 0 unspecified atom stereocenters. The van der Waals surface area contributed by atoms with Gasteiger partial charge in [-0.2, -0.15) is 5.26 Å². The zero-order valence-corrected chi connectivity index (χ0v) is 10.5. The van der Waals surface area contributed by atoms with E-state index in [1.807, 2.05) is 19.9 Å².